The molecule has 2 heterocycles. The summed E-state index contributed by atoms with van der Waals surface area (Å²) in [4.78, 5) is 30.2. The van der Waals surface area contributed by atoms with Gasteiger partial charge in [0.2, 0.25) is 0 Å². The van der Waals surface area contributed by atoms with Crippen LogP contribution in [-0.4, -0.2) is 36.1 Å². The van der Waals surface area contributed by atoms with Crippen molar-refractivity contribution in [2.24, 2.45) is 10.9 Å². The lowest BCUT2D eigenvalue weighted by Gasteiger charge is -2.33. The van der Waals surface area contributed by atoms with E-state index in [1.165, 1.54) is 12.8 Å². The number of ketones is 1. The van der Waals surface area contributed by atoms with Crippen LogP contribution in [0.5, 0.6) is 0 Å². The molecule has 150 valence electrons. The molecule has 1 saturated heterocycles. The number of carbonyl (C=O) groups is 1. The van der Waals surface area contributed by atoms with Crippen LogP contribution in [0.1, 0.15) is 54.1 Å². The van der Waals surface area contributed by atoms with E-state index in [9.17, 15) is 14.9 Å². The number of fused-ring (bicyclic) bond motifs is 1. The van der Waals surface area contributed by atoms with E-state index < -0.39 is 0 Å². The van der Waals surface area contributed by atoms with Crippen LogP contribution in [0.4, 0.5) is 11.4 Å². The molecular weight excluding hydrogens is 366 g/mol. The van der Waals surface area contributed by atoms with Crippen LogP contribution >= 0.6 is 0 Å². The number of nitro groups is 1. The number of hydrogen-bond donors (Lipinski definition) is 0. The SMILES string of the molecule is CCCC1CCN(c2ccc(C3=NCC(=O)c4ccccc43)cc2[N+](=O)[O-])CC1. The second kappa shape index (κ2) is 8.15. The Morgan fingerprint density at radius 2 is 1.86 bits per heavy atom. The lowest BCUT2D eigenvalue weighted by molar-refractivity contribution is -0.384. The number of piperidine rings is 1. The van der Waals surface area contributed by atoms with Crippen LogP contribution < -0.4 is 4.90 Å². The molecule has 0 bridgehead atoms. The van der Waals surface area contributed by atoms with Crippen LogP contribution in [0.25, 0.3) is 0 Å². The van der Waals surface area contributed by atoms with Gasteiger partial charge in [-0.2, -0.15) is 0 Å². The van der Waals surface area contributed by atoms with Gasteiger partial charge >= 0.3 is 0 Å². The summed E-state index contributed by atoms with van der Waals surface area (Å²) in [6.45, 7) is 3.98. The van der Waals surface area contributed by atoms with Gasteiger partial charge in [-0.05, 0) is 24.8 Å². The molecule has 2 aliphatic heterocycles. The number of anilines is 1. The molecule has 2 aliphatic rings. The molecular formula is C23H25N3O3. The Hall–Kier alpha value is -3.02. The van der Waals surface area contributed by atoms with E-state index in [2.05, 4.69) is 16.8 Å². The van der Waals surface area contributed by atoms with Crippen molar-refractivity contribution in [3.05, 3.63) is 69.3 Å². The molecule has 0 spiro atoms. The van der Waals surface area contributed by atoms with Crippen LogP contribution in [0.3, 0.4) is 0 Å². The lowest BCUT2D eigenvalue weighted by atomic mass is 9.91. The minimum Gasteiger partial charge on any atom is -0.366 e. The molecule has 29 heavy (non-hydrogen) atoms. The van der Waals surface area contributed by atoms with Gasteiger partial charge in [0.15, 0.2) is 5.78 Å². The second-order valence-corrected chi connectivity index (χ2v) is 7.81. The first-order valence-electron chi connectivity index (χ1n) is 10.3. The summed E-state index contributed by atoms with van der Waals surface area (Å²) in [6.07, 6.45) is 4.57. The molecule has 2 aromatic carbocycles. The van der Waals surface area contributed by atoms with Crippen molar-refractivity contribution < 1.29 is 9.72 Å². The zero-order valence-corrected chi connectivity index (χ0v) is 16.6. The molecule has 0 aliphatic carbocycles. The molecule has 1 fully saturated rings. The van der Waals surface area contributed by atoms with Crippen LogP contribution in [0, 0.1) is 16.0 Å². The minimum absolute atomic E-state index is 0.0228. The molecule has 0 atom stereocenters. The maximum atomic E-state index is 12.1. The summed E-state index contributed by atoms with van der Waals surface area (Å²) in [6, 6.07) is 12.7. The summed E-state index contributed by atoms with van der Waals surface area (Å²) in [7, 11) is 0. The summed E-state index contributed by atoms with van der Waals surface area (Å²) in [5, 5.41) is 11.8. The van der Waals surface area contributed by atoms with Crippen molar-refractivity contribution >= 4 is 22.9 Å². The number of carbonyl (C=O) groups excluding carboxylic acids is 1. The van der Waals surface area contributed by atoms with Gasteiger partial charge in [-0.3, -0.25) is 19.9 Å². The number of Topliss-reactive ketones (excluding diaryl/α,β-unsaturated/α-hetero) is 1. The van der Waals surface area contributed by atoms with E-state index in [1.807, 2.05) is 30.3 Å². The van der Waals surface area contributed by atoms with Crippen molar-refractivity contribution in [1.29, 1.82) is 0 Å². The maximum Gasteiger partial charge on any atom is 0.293 e. The van der Waals surface area contributed by atoms with Crippen molar-refractivity contribution in [2.45, 2.75) is 32.6 Å². The van der Waals surface area contributed by atoms with E-state index in [4.69, 9.17) is 0 Å². The Bertz CT molecular complexity index is 975. The molecule has 0 saturated carbocycles. The van der Waals surface area contributed by atoms with E-state index >= 15 is 0 Å². The Labute approximate surface area is 170 Å². The van der Waals surface area contributed by atoms with E-state index in [-0.39, 0.29) is 22.9 Å². The Morgan fingerprint density at radius 3 is 2.55 bits per heavy atom. The highest BCUT2D eigenvalue weighted by Gasteiger charge is 2.27. The quantitative estimate of drug-likeness (QED) is 0.549. The lowest BCUT2D eigenvalue weighted by Crippen LogP contribution is -2.34. The van der Waals surface area contributed by atoms with Crippen molar-refractivity contribution in [1.82, 2.24) is 0 Å². The molecule has 2 aromatic rings. The van der Waals surface area contributed by atoms with Crippen LogP contribution in [-0.2, 0) is 0 Å². The van der Waals surface area contributed by atoms with Crippen molar-refractivity contribution in [3.63, 3.8) is 0 Å². The number of rotatable bonds is 5. The first kappa shape index (κ1) is 19.3. The average molecular weight is 391 g/mol. The Morgan fingerprint density at radius 1 is 1.14 bits per heavy atom. The summed E-state index contributed by atoms with van der Waals surface area (Å²) >= 11 is 0. The third-order valence-electron chi connectivity index (χ3n) is 5.96. The van der Waals surface area contributed by atoms with Gasteiger partial charge < -0.3 is 4.90 Å². The fourth-order valence-corrected chi connectivity index (χ4v) is 4.46. The third kappa shape index (κ3) is 3.79. The third-order valence-corrected chi connectivity index (χ3v) is 5.96. The molecule has 6 nitrogen and oxygen atoms in total. The minimum atomic E-state index is -0.308. The second-order valence-electron chi connectivity index (χ2n) is 7.81. The Balaban J connectivity index is 1.66. The van der Waals surface area contributed by atoms with Crippen LogP contribution in [0.2, 0.25) is 0 Å². The highest BCUT2D eigenvalue weighted by Crippen LogP contribution is 2.34. The number of aliphatic imine (C=N–C) groups is 1. The highest BCUT2D eigenvalue weighted by atomic mass is 16.6. The van der Waals surface area contributed by atoms with E-state index in [0.717, 1.165) is 37.4 Å². The van der Waals surface area contributed by atoms with Gasteiger partial charge in [-0.1, -0.05) is 50.1 Å². The predicted octanol–water partition coefficient (Wildman–Crippen LogP) is 4.65. The highest BCUT2D eigenvalue weighted by molar-refractivity contribution is 6.22. The zero-order chi connectivity index (χ0) is 20.4. The maximum absolute atomic E-state index is 12.1. The van der Waals surface area contributed by atoms with Gasteiger partial charge in [-0.25, -0.2) is 0 Å². The molecule has 0 N–H and O–H groups in total. The smallest absolute Gasteiger partial charge is 0.293 e. The number of nitro benzene ring substituents is 1. The van der Waals surface area contributed by atoms with E-state index in [1.54, 1.807) is 12.1 Å². The first-order chi connectivity index (χ1) is 14.1. The first-order valence-corrected chi connectivity index (χ1v) is 10.3. The fourth-order valence-electron chi connectivity index (χ4n) is 4.46. The van der Waals surface area contributed by atoms with E-state index in [0.29, 0.717) is 22.5 Å². The molecule has 0 aromatic heterocycles. The molecule has 0 amide bonds. The number of benzene rings is 2. The molecule has 0 radical (unpaired) electrons. The summed E-state index contributed by atoms with van der Waals surface area (Å²) in [5.74, 6) is 0.700. The standard InChI is InChI=1S/C23H25N3O3/c1-2-5-16-10-12-25(13-11-16)20-9-8-17(14-21(20)26(28)29)23-19-7-4-3-6-18(19)22(27)15-24-23/h3-4,6-9,14,16H,2,5,10-13,15H2,1H3. The molecule has 4 rings (SSSR count). The zero-order valence-electron chi connectivity index (χ0n) is 16.6. The fraction of sp³-hybridized carbons (Fsp3) is 0.391. The van der Waals surface area contributed by atoms with Crippen molar-refractivity contribution in [2.75, 3.05) is 24.5 Å². The summed E-state index contributed by atoms with van der Waals surface area (Å²) < 4.78 is 0. The van der Waals surface area contributed by atoms with Gasteiger partial charge in [0.25, 0.3) is 5.69 Å². The Kier molecular flexibility index (Phi) is 5.43. The monoisotopic (exact) mass is 391 g/mol. The molecule has 6 heteroatoms. The largest absolute Gasteiger partial charge is 0.366 e. The van der Waals surface area contributed by atoms with Gasteiger partial charge in [0.1, 0.15) is 12.2 Å². The van der Waals surface area contributed by atoms with Gasteiger partial charge in [0.05, 0.1) is 10.6 Å². The molecule has 0 unspecified atom stereocenters. The number of nitrogens with zero attached hydrogens (tertiary/aromatic N) is 3. The topological polar surface area (TPSA) is 75.8 Å². The average Bonchev–Trinajstić information content (AvgIpc) is 2.75. The van der Waals surface area contributed by atoms with Gasteiger partial charge in [-0.15, -0.1) is 0 Å². The predicted molar refractivity (Wildman–Crippen MR) is 114 cm³/mol. The van der Waals surface area contributed by atoms with Gasteiger partial charge in [0, 0.05) is 35.8 Å². The van der Waals surface area contributed by atoms with Crippen molar-refractivity contribution in [3.8, 4) is 0 Å². The number of hydrogen-bond acceptors (Lipinski definition) is 5. The van der Waals surface area contributed by atoms with Crippen LogP contribution in [0.15, 0.2) is 47.5 Å². The summed E-state index contributed by atoms with van der Waals surface area (Å²) in [5.41, 5.74) is 3.48. The normalized spacial score (nSPS) is 17.1.